The van der Waals surface area contributed by atoms with Crippen molar-refractivity contribution < 1.29 is 17.3 Å². The highest BCUT2D eigenvalue weighted by atomic mass is 35.5. The summed E-state index contributed by atoms with van der Waals surface area (Å²) >= 11 is 1.27. The van der Waals surface area contributed by atoms with E-state index >= 15 is 0 Å². The molecule has 1 aliphatic rings. The Balaban J connectivity index is 0.00000306. The van der Waals surface area contributed by atoms with Crippen LogP contribution in [0.15, 0.2) is 39.8 Å². The molecular weight excluding hydrogens is 487 g/mol. The fourth-order valence-corrected chi connectivity index (χ4v) is 6.57. The van der Waals surface area contributed by atoms with Crippen LogP contribution in [0.5, 0.6) is 0 Å². The molecule has 3 aromatic rings. The van der Waals surface area contributed by atoms with Crippen LogP contribution in [0.4, 0.5) is 4.39 Å². The van der Waals surface area contributed by atoms with E-state index in [4.69, 9.17) is 4.52 Å². The van der Waals surface area contributed by atoms with Crippen LogP contribution < -0.4 is 4.72 Å². The third-order valence-corrected chi connectivity index (χ3v) is 8.32. The van der Waals surface area contributed by atoms with Gasteiger partial charge in [0, 0.05) is 23.5 Å². The number of sulfonamides is 1. The van der Waals surface area contributed by atoms with Crippen molar-refractivity contribution in [2.24, 2.45) is 5.92 Å². The van der Waals surface area contributed by atoms with E-state index in [-0.39, 0.29) is 29.0 Å². The lowest BCUT2D eigenvalue weighted by atomic mass is 10.0. The molecule has 0 radical (unpaired) electrons. The minimum absolute atomic E-state index is 0. The molecule has 1 saturated heterocycles. The van der Waals surface area contributed by atoms with Crippen LogP contribution in [0.2, 0.25) is 0 Å². The van der Waals surface area contributed by atoms with Crippen LogP contribution >= 0.6 is 23.7 Å². The van der Waals surface area contributed by atoms with Crippen LogP contribution in [-0.4, -0.2) is 49.6 Å². The van der Waals surface area contributed by atoms with Crippen LogP contribution in [0.1, 0.15) is 31.1 Å². The van der Waals surface area contributed by atoms with Gasteiger partial charge in [-0.2, -0.15) is 4.98 Å². The van der Waals surface area contributed by atoms with Gasteiger partial charge in [-0.05, 0) is 63.4 Å². The first-order valence-corrected chi connectivity index (χ1v) is 13.0. The van der Waals surface area contributed by atoms with Crippen LogP contribution in [0, 0.1) is 18.7 Å². The molecule has 0 aliphatic carbocycles. The monoisotopic (exact) mass is 514 g/mol. The van der Waals surface area contributed by atoms with E-state index in [2.05, 4.69) is 26.7 Å². The molecule has 33 heavy (non-hydrogen) atoms. The Labute approximate surface area is 203 Å². The predicted molar refractivity (Wildman–Crippen MR) is 130 cm³/mol. The maximum absolute atomic E-state index is 13.5. The number of benzene rings is 1. The summed E-state index contributed by atoms with van der Waals surface area (Å²) in [6.07, 6.45) is 3.25. The first-order valence-electron chi connectivity index (χ1n) is 10.7. The third-order valence-electron chi connectivity index (χ3n) is 5.57. The Morgan fingerprint density at radius 3 is 2.91 bits per heavy atom. The summed E-state index contributed by atoms with van der Waals surface area (Å²) in [6, 6.07) is 7.46. The summed E-state index contributed by atoms with van der Waals surface area (Å²) in [7, 11) is -3.64. The molecule has 1 atom stereocenters. The number of thiophene rings is 1. The molecule has 11 heteroatoms. The second kappa shape index (κ2) is 11.1. The molecule has 4 rings (SSSR count). The summed E-state index contributed by atoms with van der Waals surface area (Å²) < 4.78 is 47.2. The fraction of sp³-hybridized carbons (Fsp3) is 0.455. The Morgan fingerprint density at radius 1 is 1.33 bits per heavy atom. The molecule has 0 saturated carbocycles. The largest absolute Gasteiger partial charge is 0.333 e. The van der Waals surface area contributed by atoms with E-state index in [1.807, 2.05) is 0 Å². The average molecular weight is 515 g/mol. The Hall–Kier alpha value is -1.85. The average Bonchev–Trinajstić information content (AvgIpc) is 3.39. The summed E-state index contributed by atoms with van der Waals surface area (Å²) in [6.45, 7) is 7.47. The molecule has 1 aliphatic heterocycles. The van der Waals surface area contributed by atoms with Gasteiger partial charge in [-0.15, -0.1) is 23.7 Å². The van der Waals surface area contributed by atoms with Gasteiger partial charge in [0.2, 0.25) is 15.8 Å². The molecule has 7 nitrogen and oxygen atoms in total. The summed E-state index contributed by atoms with van der Waals surface area (Å²) in [5.41, 5.74) is 0.492. The number of nitrogens with one attached hydrogen (secondary N) is 1. The van der Waals surface area contributed by atoms with Crippen molar-refractivity contribution in [1.29, 1.82) is 0 Å². The number of piperidine rings is 1. The number of likely N-dealkylation sites (tertiary alicyclic amines) is 1. The van der Waals surface area contributed by atoms with Crippen LogP contribution in [-0.2, 0) is 10.0 Å². The minimum atomic E-state index is -3.64. The minimum Gasteiger partial charge on any atom is -0.333 e. The maximum atomic E-state index is 13.5. The molecule has 1 aromatic carbocycles. The second-order valence-corrected chi connectivity index (χ2v) is 11.3. The SMILES string of the molecule is Cc1sc(-c2nc(-c3cccc(F)c3)no2)cc1S(=O)(=O)NCCCN1CCCC(C)C1.Cl. The molecule has 1 N–H and O–H groups in total. The van der Waals surface area contributed by atoms with Gasteiger partial charge in [-0.25, -0.2) is 17.5 Å². The van der Waals surface area contributed by atoms with Gasteiger partial charge >= 0.3 is 0 Å². The number of aryl methyl sites for hydroxylation is 1. The number of aromatic nitrogens is 2. The number of halogens is 2. The van der Waals surface area contributed by atoms with Gasteiger partial charge in [-0.3, -0.25) is 0 Å². The quantitative estimate of drug-likeness (QED) is 0.437. The zero-order valence-electron chi connectivity index (χ0n) is 18.6. The van der Waals surface area contributed by atoms with Gasteiger partial charge in [0.25, 0.3) is 5.89 Å². The van der Waals surface area contributed by atoms with Crippen molar-refractivity contribution in [1.82, 2.24) is 19.8 Å². The molecule has 180 valence electrons. The van der Waals surface area contributed by atoms with Gasteiger partial charge in [0.1, 0.15) is 5.82 Å². The summed E-state index contributed by atoms with van der Waals surface area (Å²) in [5, 5.41) is 3.90. The molecule has 2 aromatic heterocycles. The summed E-state index contributed by atoms with van der Waals surface area (Å²) in [4.78, 5) is 8.13. The van der Waals surface area contributed by atoms with Crippen LogP contribution in [0.25, 0.3) is 22.2 Å². The highest BCUT2D eigenvalue weighted by Gasteiger charge is 2.23. The third kappa shape index (κ3) is 6.39. The number of hydrogen-bond donors (Lipinski definition) is 1. The van der Waals surface area contributed by atoms with E-state index in [1.165, 1.54) is 36.3 Å². The lowest BCUT2D eigenvalue weighted by Gasteiger charge is -2.30. The van der Waals surface area contributed by atoms with Gasteiger partial charge in [-0.1, -0.05) is 24.2 Å². The smallest absolute Gasteiger partial charge is 0.268 e. The van der Waals surface area contributed by atoms with Gasteiger partial charge in [0.05, 0.1) is 9.77 Å². The maximum Gasteiger partial charge on any atom is 0.268 e. The van der Waals surface area contributed by atoms with Crippen molar-refractivity contribution in [3.63, 3.8) is 0 Å². The number of rotatable bonds is 8. The zero-order chi connectivity index (χ0) is 22.7. The highest BCUT2D eigenvalue weighted by molar-refractivity contribution is 7.89. The normalized spacial score (nSPS) is 17.1. The summed E-state index contributed by atoms with van der Waals surface area (Å²) in [5.74, 6) is 0.770. The lowest BCUT2D eigenvalue weighted by Crippen LogP contribution is -2.36. The van der Waals surface area contributed by atoms with E-state index in [0.717, 1.165) is 26.1 Å². The van der Waals surface area contributed by atoms with Crippen molar-refractivity contribution in [2.75, 3.05) is 26.2 Å². The lowest BCUT2D eigenvalue weighted by molar-refractivity contribution is 0.182. The van der Waals surface area contributed by atoms with E-state index in [9.17, 15) is 12.8 Å². The Bertz CT molecular complexity index is 1180. The number of hydrogen-bond acceptors (Lipinski definition) is 7. The highest BCUT2D eigenvalue weighted by Crippen LogP contribution is 2.33. The molecule has 3 heterocycles. The first kappa shape index (κ1) is 25.8. The van der Waals surface area contributed by atoms with Crippen molar-refractivity contribution in [3.05, 3.63) is 41.0 Å². The zero-order valence-corrected chi connectivity index (χ0v) is 21.0. The van der Waals surface area contributed by atoms with E-state index in [0.29, 0.717) is 27.8 Å². The van der Waals surface area contributed by atoms with Crippen LogP contribution in [0.3, 0.4) is 0 Å². The number of nitrogens with zero attached hydrogens (tertiary/aromatic N) is 3. The molecule has 0 amide bonds. The molecule has 1 fully saturated rings. The second-order valence-electron chi connectivity index (χ2n) is 8.26. The molecule has 0 bridgehead atoms. The molecular formula is C22H28ClFN4O3S2. The fourth-order valence-electron chi connectivity index (χ4n) is 3.98. The first-order chi connectivity index (χ1) is 15.3. The predicted octanol–water partition coefficient (Wildman–Crippen LogP) is 4.73. The van der Waals surface area contributed by atoms with Crippen molar-refractivity contribution in [3.8, 4) is 22.2 Å². The van der Waals surface area contributed by atoms with E-state index in [1.54, 1.807) is 25.1 Å². The standard InChI is InChI=1S/C22H27FN4O3S2.ClH/c1-15-6-4-10-27(14-15)11-5-9-24-32(28,29)20-13-19(31-16(20)2)22-25-21(26-30-22)17-7-3-8-18(23)12-17;/h3,7-8,12-13,15,24H,4-6,9-11,14H2,1-2H3;1H. The molecule has 0 spiro atoms. The van der Waals surface area contributed by atoms with Gasteiger partial charge in [0.15, 0.2) is 0 Å². The topological polar surface area (TPSA) is 88.3 Å². The van der Waals surface area contributed by atoms with Crippen molar-refractivity contribution in [2.45, 2.75) is 38.0 Å². The Morgan fingerprint density at radius 2 is 2.15 bits per heavy atom. The Kier molecular flexibility index (Phi) is 8.63. The van der Waals surface area contributed by atoms with Crippen molar-refractivity contribution >= 4 is 33.8 Å². The molecule has 1 unspecified atom stereocenters. The van der Waals surface area contributed by atoms with E-state index < -0.39 is 15.8 Å². The van der Waals surface area contributed by atoms with Gasteiger partial charge < -0.3 is 9.42 Å².